The van der Waals surface area contributed by atoms with E-state index < -0.39 is 0 Å². The van der Waals surface area contributed by atoms with Gasteiger partial charge in [0.25, 0.3) is 0 Å². The Morgan fingerprint density at radius 2 is 2.11 bits per heavy atom. The number of aromatic nitrogens is 2. The lowest BCUT2D eigenvalue weighted by molar-refractivity contribution is 0.449. The van der Waals surface area contributed by atoms with E-state index in [0.29, 0.717) is 11.8 Å². The Bertz CT molecular complexity index is 560. The summed E-state index contributed by atoms with van der Waals surface area (Å²) >= 11 is 5.65. The fourth-order valence-electron chi connectivity index (χ4n) is 1.54. The summed E-state index contributed by atoms with van der Waals surface area (Å²) in [6, 6.07) is 6.00. The first-order valence-corrected chi connectivity index (χ1v) is 7.38. The van der Waals surface area contributed by atoms with Gasteiger partial charge in [-0.15, -0.1) is 0 Å². The van der Waals surface area contributed by atoms with Crippen molar-refractivity contribution in [2.24, 2.45) is 0 Å². The van der Waals surface area contributed by atoms with Crippen LogP contribution in [0.1, 0.15) is 25.3 Å². The monoisotopic (exact) mass is 418 g/mol. The maximum Gasteiger partial charge on any atom is 0.235 e. The average molecular weight is 419 g/mol. The van der Waals surface area contributed by atoms with E-state index in [1.54, 1.807) is 6.20 Å². The number of hydrogen-bond donors (Lipinski definition) is 0. The summed E-state index contributed by atoms with van der Waals surface area (Å²) in [5, 5.41) is 0. The number of ether oxygens (including phenoxy) is 1. The van der Waals surface area contributed by atoms with Gasteiger partial charge < -0.3 is 4.74 Å². The molecule has 0 unspecified atom stereocenters. The predicted molar refractivity (Wildman–Crippen MR) is 83.1 cm³/mol. The van der Waals surface area contributed by atoms with Crippen LogP contribution in [0.25, 0.3) is 0 Å². The van der Waals surface area contributed by atoms with Crippen molar-refractivity contribution in [2.45, 2.75) is 19.8 Å². The maximum absolute atomic E-state index is 5.88. The van der Waals surface area contributed by atoms with Crippen LogP contribution in [0.5, 0.6) is 11.6 Å². The molecule has 0 bridgehead atoms. The molecule has 0 spiro atoms. The van der Waals surface area contributed by atoms with Gasteiger partial charge in [0.2, 0.25) is 5.88 Å². The Hall–Kier alpha value is -0.690. The molecular weight excluding hydrogens is 407 g/mol. The normalized spacial score (nSPS) is 10.7. The van der Waals surface area contributed by atoms with Crippen LogP contribution in [0.3, 0.4) is 0 Å². The third kappa shape index (κ3) is 3.20. The lowest BCUT2D eigenvalue weighted by Crippen LogP contribution is -1.97. The van der Waals surface area contributed by atoms with Crippen molar-refractivity contribution in [1.29, 1.82) is 0 Å². The van der Waals surface area contributed by atoms with Gasteiger partial charge >= 0.3 is 0 Å². The smallest absolute Gasteiger partial charge is 0.235 e. The fourth-order valence-corrected chi connectivity index (χ4v) is 2.33. The minimum absolute atomic E-state index is 0.386. The third-order valence-corrected chi connectivity index (χ3v) is 3.67. The summed E-state index contributed by atoms with van der Waals surface area (Å²) in [5.41, 5.74) is 1.15. The second-order valence-corrected chi connectivity index (χ2v) is 6.19. The Labute approximate surface area is 128 Å². The van der Waals surface area contributed by atoms with E-state index in [-0.39, 0.29) is 0 Å². The van der Waals surface area contributed by atoms with Crippen molar-refractivity contribution in [3.05, 3.63) is 44.3 Å². The van der Waals surface area contributed by atoms with Gasteiger partial charge in [-0.1, -0.05) is 29.8 Å². The first kappa shape index (κ1) is 13.7. The van der Waals surface area contributed by atoms with Crippen LogP contribution in [0.2, 0.25) is 0 Å². The molecule has 2 rings (SSSR count). The molecule has 1 heterocycles. The van der Waals surface area contributed by atoms with Crippen molar-refractivity contribution in [3.63, 3.8) is 0 Å². The van der Waals surface area contributed by atoms with Gasteiger partial charge in [0.1, 0.15) is 12.1 Å². The second-order valence-electron chi connectivity index (χ2n) is 4.11. The minimum Gasteiger partial charge on any atom is -0.438 e. The zero-order chi connectivity index (χ0) is 13.1. The number of benzene rings is 1. The highest BCUT2D eigenvalue weighted by Gasteiger charge is 2.11. The van der Waals surface area contributed by atoms with Gasteiger partial charge in [-0.25, -0.2) is 9.97 Å². The van der Waals surface area contributed by atoms with Crippen LogP contribution in [0, 0.1) is 3.57 Å². The Morgan fingerprint density at radius 3 is 2.78 bits per heavy atom. The molecule has 0 radical (unpaired) electrons. The van der Waals surface area contributed by atoms with Crippen LogP contribution >= 0.6 is 38.5 Å². The molecule has 1 aromatic carbocycles. The molecule has 0 saturated carbocycles. The minimum atomic E-state index is 0.386. The Morgan fingerprint density at radius 1 is 1.33 bits per heavy atom. The summed E-state index contributed by atoms with van der Waals surface area (Å²) in [5.74, 6) is 1.82. The average Bonchev–Trinajstić information content (AvgIpc) is 2.34. The lowest BCUT2D eigenvalue weighted by atomic mass is 10.0. The first-order chi connectivity index (χ1) is 8.58. The summed E-state index contributed by atoms with van der Waals surface area (Å²) in [4.78, 5) is 8.10. The molecule has 0 amide bonds. The lowest BCUT2D eigenvalue weighted by Gasteiger charge is -2.14. The topological polar surface area (TPSA) is 35.0 Å². The van der Waals surface area contributed by atoms with E-state index in [2.05, 4.69) is 68.4 Å². The largest absolute Gasteiger partial charge is 0.438 e. The molecule has 0 aliphatic heterocycles. The fraction of sp³-hybridized carbons (Fsp3) is 0.231. The van der Waals surface area contributed by atoms with Gasteiger partial charge in [-0.2, -0.15) is 0 Å². The van der Waals surface area contributed by atoms with Crippen LogP contribution in [0.4, 0.5) is 0 Å². The molecule has 0 aliphatic carbocycles. The molecule has 5 heteroatoms. The molecule has 3 nitrogen and oxygen atoms in total. The summed E-state index contributed by atoms with van der Waals surface area (Å²) in [6.07, 6.45) is 3.22. The molecule has 0 N–H and O–H groups in total. The van der Waals surface area contributed by atoms with Gasteiger partial charge in [-0.3, -0.25) is 0 Å². The summed E-state index contributed by atoms with van der Waals surface area (Å²) in [6.45, 7) is 4.28. The molecule has 2 aromatic rings. The third-order valence-electron chi connectivity index (χ3n) is 2.43. The van der Waals surface area contributed by atoms with Crippen molar-refractivity contribution < 1.29 is 4.74 Å². The molecule has 1 aromatic heterocycles. The molecular formula is C13H12BrIN2O. The maximum atomic E-state index is 5.88. The molecule has 18 heavy (non-hydrogen) atoms. The van der Waals surface area contributed by atoms with Gasteiger partial charge in [-0.05, 0) is 52.3 Å². The zero-order valence-corrected chi connectivity index (χ0v) is 13.8. The van der Waals surface area contributed by atoms with Gasteiger partial charge in [0.15, 0.2) is 0 Å². The van der Waals surface area contributed by atoms with E-state index >= 15 is 0 Å². The summed E-state index contributed by atoms with van der Waals surface area (Å²) in [7, 11) is 0. The van der Waals surface area contributed by atoms with Crippen molar-refractivity contribution in [3.8, 4) is 11.6 Å². The van der Waals surface area contributed by atoms with Crippen LogP contribution in [0.15, 0.2) is 35.2 Å². The highest BCUT2D eigenvalue weighted by atomic mass is 127. The van der Waals surface area contributed by atoms with E-state index in [0.717, 1.165) is 19.4 Å². The predicted octanol–water partition coefficient (Wildman–Crippen LogP) is 4.76. The van der Waals surface area contributed by atoms with Crippen molar-refractivity contribution in [2.75, 3.05) is 0 Å². The Balaban J connectivity index is 2.37. The SMILES string of the molecule is CC(C)c1cc(Br)ccc1Oc1ncncc1I. The molecule has 0 atom stereocenters. The number of rotatable bonds is 3. The second kappa shape index (κ2) is 5.97. The van der Waals surface area contributed by atoms with Crippen LogP contribution < -0.4 is 4.74 Å². The van der Waals surface area contributed by atoms with Gasteiger partial charge in [0, 0.05) is 10.7 Å². The van der Waals surface area contributed by atoms with E-state index in [9.17, 15) is 0 Å². The highest BCUT2D eigenvalue weighted by Crippen LogP contribution is 2.33. The molecule has 0 fully saturated rings. The van der Waals surface area contributed by atoms with Gasteiger partial charge in [0.05, 0.1) is 3.57 Å². The number of nitrogens with zero attached hydrogens (tertiary/aromatic N) is 2. The highest BCUT2D eigenvalue weighted by molar-refractivity contribution is 14.1. The number of halogens is 2. The quantitative estimate of drug-likeness (QED) is 0.674. The Kier molecular flexibility index (Phi) is 4.55. The van der Waals surface area contributed by atoms with E-state index in [1.165, 1.54) is 6.33 Å². The van der Waals surface area contributed by atoms with E-state index in [4.69, 9.17) is 4.74 Å². The number of hydrogen-bond acceptors (Lipinski definition) is 3. The standard InChI is InChI=1S/C13H12BrIN2O/c1-8(2)10-5-9(14)3-4-12(10)18-13-11(15)6-16-7-17-13/h3-8H,1-2H3. The van der Waals surface area contributed by atoms with Crippen LogP contribution in [-0.2, 0) is 0 Å². The zero-order valence-electron chi connectivity index (χ0n) is 10.0. The molecule has 0 saturated heterocycles. The van der Waals surface area contributed by atoms with Crippen LogP contribution in [-0.4, -0.2) is 9.97 Å². The summed E-state index contributed by atoms with van der Waals surface area (Å²) < 4.78 is 7.82. The van der Waals surface area contributed by atoms with Crippen molar-refractivity contribution in [1.82, 2.24) is 9.97 Å². The molecule has 0 aliphatic rings. The molecule has 94 valence electrons. The van der Waals surface area contributed by atoms with E-state index in [1.807, 2.05) is 12.1 Å². The van der Waals surface area contributed by atoms with Crippen molar-refractivity contribution >= 4 is 38.5 Å². The first-order valence-electron chi connectivity index (χ1n) is 5.50.